The number of alkyl halides is 3. The third-order valence-electron chi connectivity index (χ3n) is 5.18. The molecule has 2 heterocycles. The molecule has 1 fully saturated rings. The molecule has 0 N–H and O–H groups in total. The maximum atomic E-state index is 12.8. The van der Waals surface area contributed by atoms with Gasteiger partial charge in [-0.15, -0.1) is 28.2 Å². The van der Waals surface area contributed by atoms with Crippen LogP contribution in [0.25, 0.3) is 5.69 Å². The Hall–Kier alpha value is -3.63. The molecule has 4 rings (SSSR count). The first-order valence-corrected chi connectivity index (χ1v) is 9.97. The fourth-order valence-corrected chi connectivity index (χ4v) is 3.54. The highest BCUT2D eigenvalue weighted by molar-refractivity contribution is 5.90. The van der Waals surface area contributed by atoms with Gasteiger partial charge in [0.15, 0.2) is 0 Å². The van der Waals surface area contributed by atoms with Crippen LogP contribution in [0.1, 0.15) is 21.7 Å². The quantitative estimate of drug-likeness (QED) is 0.613. The third kappa shape index (κ3) is 4.82. The Balaban J connectivity index is 1.40. The van der Waals surface area contributed by atoms with Gasteiger partial charge < -0.3 is 14.5 Å². The molecule has 0 saturated carbocycles. The summed E-state index contributed by atoms with van der Waals surface area (Å²) in [7, 11) is 0. The fourth-order valence-electron chi connectivity index (χ4n) is 3.54. The summed E-state index contributed by atoms with van der Waals surface area (Å²) in [5, 5.41) is 11.8. The van der Waals surface area contributed by atoms with Crippen LogP contribution < -0.4 is 9.64 Å². The number of carbonyl (C=O) groups excluding carboxylic acids is 1. The summed E-state index contributed by atoms with van der Waals surface area (Å²) in [5.41, 5.74) is 3.89. The van der Waals surface area contributed by atoms with Gasteiger partial charge in [0, 0.05) is 31.9 Å². The van der Waals surface area contributed by atoms with Crippen LogP contribution in [0.4, 0.5) is 18.9 Å². The number of aromatic nitrogens is 4. The Bertz CT molecular complexity index is 1110. The van der Waals surface area contributed by atoms with Crippen LogP contribution in [-0.4, -0.2) is 63.6 Å². The van der Waals surface area contributed by atoms with E-state index >= 15 is 0 Å². The van der Waals surface area contributed by atoms with E-state index in [4.69, 9.17) is 0 Å². The molecule has 0 bridgehead atoms. The molecule has 2 aromatic carbocycles. The van der Waals surface area contributed by atoms with Crippen molar-refractivity contribution >= 4 is 11.6 Å². The largest absolute Gasteiger partial charge is 0.573 e. The standard InChI is InChI=1S/C21H21F3N6O2/c1-14-3-4-15(2)18(13-14)28-9-11-29(12-10-28)20(31)19-25-27-30(26-19)16-5-7-17(8-6-16)32-21(22,23)24/h3-8,13H,9-12H2,1-2H3. The first kappa shape index (κ1) is 21.6. The molecule has 1 aromatic heterocycles. The highest BCUT2D eigenvalue weighted by atomic mass is 19.4. The monoisotopic (exact) mass is 446 g/mol. The predicted octanol–water partition coefficient (Wildman–Crippen LogP) is 3.14. The molecule has 0 aliphatic carbocycles. The number of aryl methyl sites for hydroxylation is 2. The van der Waals surface area contributed by atoms with Gasteiger partial charge in [-0.2, -0.15) is 0 Å². The maximum absolute atomic E-state index is 12.8. The van der Waals surface area contributed by atoms with Gasteiger partial charge in [0.2, 0.25) is 0 Å². The first-order valence-electron chi connectivity index (χ1n) is 9.97. The van der Waals surface area contributed by atoms with Gasteiger partial charge in [0.25, 0.3) is 11.7 Å². The topological polar surface area (TPSA) is 76.4 Å². The number of carbonyl (C=O) groups is 1. The lowest BCUT2D eigenvalue weighted by Crippen LogP contribution is -2.49. The van der Waals surface area contributed by atoms with E-state index in [-0.39, 0.29) is 17.5 Å². The van der Waals surface area contributed by atoms with Gasteiger partial charge >= 0.3 is 6.36 Å². The minimum atomic E-state index is -4.77. The van der Waals surface area contributed by atoms with E-state index in [1.165, 1.54) is 28.9 Å². The highest BCUT2D eigenvalue weighted by Crippen LogP contribution is 2.24. The van der Waals surface area contributed by atoms with Gasteiger partial charge in [-0.05, 0) is 60.5 Å². The van der Waals surface area contributed by atoms with Crippen LogP contribution in [0, 0.1) is 13.8 Å². The normalized spacial score (nSPS) is 14.5. The zero-order valence-corrected chi connectivity index (χ0v) is 17.5. The molecule has 1 aliphatic heterocycles. The summed E-state index contributed by atoms with van der Waals surface area (Å²) in [6, 6.07) is 11.3. The number of nitrogens with zero attached hydrogens (tertiary/aromatic N) is 6. The number of benzene rings is 2. The van der Waals surface area contributed by atoms with Gasteiger partial charge in [0.1, 0.15) is 5.75 Å². The van der Waals surface area contributed by atoms with E-state index < -0.39 is 6.36 Å². The van der Waals surface area contributed by atoms with Gasteiger partial charge in [-0.3, -0.25) is 4.79 Å². The molecule has 0 spiro atoms. The van der Waals surface area contributed by atoms with Gasteiger partial charge in [-0.1, -0.05) is 12.1 Å². The maximum Gasteiger partial charge on any atom is 0.573 e. The Morgan fingerprint density at radius 1 is 1.00 bits per heavy atom. The zero-order chi connectivity index (χ0) is 22.9. The van der Waals surface area contributed by atoms with Gasteiger partial charge in [-0.25, -0.2) is 0 Å². The Kier molecular flexibility index (Phi) is 5.72. The fraction of sp³-hybridized carbons (Fsp3) is 0.333. The number of hydrogen-bond donors (Lipinski definition) is 0. The van der Waals surface area contributed by atoms with E-state index in [1.54, 1.807) is 4.90 Å². The van der Waals surface area contributed by atoms with E-state index in [9.17, 15) is 18.0 Å². The molecule has 0 radical (unpaired) electrons. The third-order valence-corrected chi connectivity index (χ3v) is 5.18. The Morgan fingerprint density at radius 3 is 2.34 bits per heavy atom. The van der Waals surface area contributed by atoms with Crippen LogP contribution in [-0.2, 0) is 0 Å². The summed E-state index contributed by atoms with van der Waals surface area (Å²) in [4.78, 5) is 17.8. The summed E-state index contributed by atoms with van der Waals surface area (Å²) in [5.74, 6) is -0.769. The number of hydrogen-bond acceptors (Lipinski definition) is 6. The lowest BCUT2D eigenvalue weighted by Gasteiger charge is -2.36. The molecule has 168 valence electrons. The van der Waals surface area contributed by atoms with Crippen molar-refractivity contribution in [2.45, 2.75) is 20.2 Å². The summed E-state index contributed by atoms with van der Waals surface area (Å²) in [6.45, 7) is 6.52. The molecule has 11 heteroatoms. The van der Waals surface area contributed by atoms with E-state index in [0.29, 0.717) is 31.9 Å². The lowest BCUT2D eigenvalue weighted by atomic mass is 10.1. The minimum Gasteiger partial charge on any atom is -0.406 e. The molecule has 1 amide bonds. The second kappa shape index (κ2) is 8.48. The predicted molar refractivity (Wildman–Crippen MR) is 110 cm³/mol. The van der Waals surface area contributed by atoms with Gasteiger partial charge in [0.05, 0.1) is 5.69 Å². The van der Waals surface area contributed by atoms with Crippen molar-refractivity contribution in [1.29, 1.82) is 0 Å². The zero-order valence-electron chi connectivity index (χ0n) is 17.5. The van der Waals surface area contributed by atoms with Crippen LogP contribution in [0.3, 0.4) is 0 Å². The molecule has 3 aromatic rings. The number of halogens is 3. The number of rotatable bonds is 4. The molecular weight excluding hydrogens is 425 g/mol. The minimum absolute atomic E-state index is 0.0687. The smallest absolute Gasteiger partial charge is 0.406 e. The van der Waals surface area contributed by atoms with Crippen LogP contribution in [0.2, 0.25) is 0 Å². The van der Waals surface area contributed by atoms with Crippen molar-refractivity contribution in [3.63, 3.8) is 0 Å². The van der Waals surface area contributed by atoms with Crippen LogP contribution >= 0.6 is 0 Å². The number of ether oxygens (including phenoxy) is 1. The molecule has 1 aliphatic rings. The van der Waals surface area contributed by atoms with Crippen molar-refractivity contribution in [3.05, 3.63) is 59.4 Å². The van der Waals surface area contributed by atoms with E-state index in [0.717, 1.165) is 16.9 Å². The van der Waals surface area contributed by atoms with Crippen molar-refractivity contribution in [3.8, 4) is 11.4 Å². The van der Waals surface area contributed by atoms with Crippen molar-refractivity contribution in [1.82, 2.24) is 25.1 Å². The van der Waals surface area contributed by atoms with Crippen molar-refractivity contribution < 1.29 is 22.7 Å². The summed E-state index contributed by atoms with van der Waals surface area (Å²) < 4.78 is 40.7. The molecule has 0 unspecified atom stereocenters. The van der Waals surface area contributed by atoms with Crippen LogP contribution in [0.5, 0.6) is 5.75 Å². The average molecular weight is 446 g/mol. The lowest BCUT2D eigenvalue weighted by molar-refractivity contribution is -0.274. The Morgan fingerprint density at radius 2 is 1.69 bits per heavy atom. The number of piperazine rings is 1. The highest BCUT2D eigenvalue weighted by Gasteiger charge is 2.31. The number of tetrazole rings is 1. The number of anilines is 1. The average Bonchev–Trinajstić information content (AvgIpc) is 3.25. The molecule has 32 heavy (non-hydrogen) atoms. The molecule has 1 saturated heterocycles. The Labute approximate surface area is 182 Å². The van der Waals surface area contributed by atoms with Crippen LogP contribution in [0.15, 0.2) is 42.5 Å². The molecule has 8 nitrogen and oxygen atoms in total. The summed E-state index contributed by atoms with van der Waals surface area (Å²) >= 11 is 0. The number of amides is 1. The van der Waals surface area contributed by atoms with Crippen molar-refractivity contribution in [2.75, 3.05) is 31.1 Å². The first-order chi connectivity index (χ1) is 15.2. The second-order valence-electron chi connectivity index (χ2n) is 7.51. The SMILES string of the molecule is Cc1ccc(C)c(N2CCN(C(=O)c3nnn(-c4ccc(OC(F)(F)F)cc4)n3)CC2)c1. The van der Waals surface area contributed by atoms with E-state index in [2.05, 4.69) is 57.1 Å². The van der Waals surface area contributed by atoms with Crippen molar-refractivity contribution in [2.24, 2.45) is 0 Å². The molecule has 0 atom stereocenters. The van der Waals surface area contributed by atoms with E-state index in [1.807, 2.05) is 0 Å². The molecular formula is C21H21F3N6O2. The second-order valence-corrected chi connectivity index (χ2v) is 7.51. The summed E-state index contributed by atoms with van der Waals surface area (Å²) in [6.07, 6.45) is -4.77.